The number of imidazole rings is 1. The molecule has 4 heteroatoms. The Labute approximate surface area is 107 Å². The van der Waals surface area contributed by atoms with Gasteiger partial charge in [0.2, 0.25) is 0 Å². The number of nitrogens with zero attached hydrogens (tertiary/aromatic N) is 3. The third-order valence-corrected chi connectivity index (χ3v) is 3.41. The van der Waals surface area contributed by atoms with E-state index >= 15 is 0 Å². The van der Waals surface area contributed by atoms with Crippen LogP contribution in [0.15, 0.2) is 12.3 Å². The number of hydrogen-bond donors (Lipinski definition) is 0. The maximum absolute atomic E-state index is 5.99. The average molecular weight is 252 g/mol. The summed E-state index contributed by atoms with van der Waals surface area (Å²) >= 11 is 5.99. The molecular weight excluding hydrogens is 234 g/mol. The molecule has 0 radical (unpaired) electrons. The van der Waals surface area contributed by atoms with E-state index in [-0.39, 0.29) is 0 Å². The van der Waals surface area contributed by atoms with Gasteiger partial charge < -0.3 is 4.57 Å². The van der Waals surface area contributed by atoms with Gasteiger partial charge in [-0.3, -0.25) is 0 Å². The van der Waals surface area contributed by atoms with Gasteiger partial charge in [-0.05, 0) is 31.4 Å². The number of aromatic nitrogens is 3. The third-order valence-electron chi connectivity index (χ3n) is 3.17. The zero-order valence-corrected chi connectivity index (χ0v) is 11.3. The van der Waals surface area contributed by atoms with Gasteiger partial charge in [0.15, 0.2) is 5.65 Å². The molecule has 0 N–H and O–H groups in total. The monoisotopic (exact) mass is 251 g/mol. The lowest BCUT2D eigenvalue weighted by molar-refractivity contribution is 0.469. The van der Waals surface area contributed by atoms with Crippen LogP contribution in [0.5, 0.6) is 0 Å². The fraction of sp³-hybridized carbons (Fsp3) is 0.538. The highest BCUT2D eigenvalue weighted by Crippen LogP contribution is 2.25. The Hall–Kier alpha value is -1.09. The number of alkyl halides is 1. The van der Waals surface area contributed by atoms with Crippen molar-refractivity contribution in [3.8, 4) is 0 Å². The van der Waals surface area contributed by atoms with E-state index < -0.39 is 0 Å². The highest BCUT2D eigenvalue weighted by Gasteiger charge is 2.16. The summed E-state index contributed by atoms with van der Waals surface area (Å²) in [6, 6.07) is 2.50. The van der Waals surface area contributed by atoms with Crippen LogP contribution in [0.1, 0.15) is 44.1 Å². The molecule has 2 heterocycles. The van der Waals surface area contributed by atoms with Crippen molar-refractivity contribution in [1.82, 2.24) is 14.5 Å². The molecule has 0 amide bonds. The topological polar surface area (TPSA) is 30.7 Å². The van der Waals surface area contributed by atoms with Crippen molar-refractivity contribution in [2.24, 2.45) is 0 Å². The molecule has 92 valence electrons. The van der Waals surface area contributed by atoms with Gasteiger partial charge in [-0.2, -0.15) is 0 Å². The SMILES string of the molecule is CCC(CC)n1c(CCl)nc2cc(C)cnc21. The third kappa shape index (κ3) is 2.16. The second-order valence-electron chi connectivity index (χ2n) is 4.36. The second kappa shape index (κ2) is 5.05. The highest BCUT2D eigenvalue weighted by molar-refractivity contribution is 6.16. The number of pyridine rings is 1. The van der Waals surface area contributed by atoms with Crippen molar-refractivity contribution >= 4 is 22.8 Å². The molecule has 2 rings (SSSR count). The van der Waals surface area contributed by atoms with Crippen LogP contribution in [0.25, 0.3) is 11.2 Å². The summed E-state index contributed by atoms with van der Waals surface area (Å²) in [5.74, 6) is 1.36. The Balaban J connectivity index is 2.65. The lowest BCUT2D eigenvalue weighted by atomic mass is 10.1. The van der Waals surface area contributed by atoms with E-state index in [9.17, 15) is 0 Å². The van der Waals surface area contributed by atoms with Crippen LogP contribution in [0.3, 0.4) is 0 Å². The molecule has 0 saturated carbocycles. The van der Waals surface area contributed by atoms with Gasteiger partial charge in [0, 0.05) is 12.2 Å². The molecule has 0 atom stereocenters. The van der Waals surface area contributed by atoms with Crippen molar-refractivity contribution in [3.63, 3.8) is 0 Å². The Kier molecular flexibility index (Phi) is 3.67. The van der Waals surface area contributed by atoms with E-state index in [0.717, 1.165) is 35.4 Å². The Morgan fingerprint density at radius 3 is 2.65 bits per heavy atom. The van der Waals surface area contributed by atoms with Gasteiger partial charge in [-0.15, -0.1) is 11.6 Å². The summed E-state index contributed by atoms with van der Waals surface area (Å²) in [7, 11) is 0. The number of rotatable bonds is 4. The van der Waals surface area contributed by atoms with Crippen molar-refractivity contribution in [2.45, 2.75) is 45.5 Å². The minimum atomic E-state index is 0.434. The van der Waals surface area contributed by atoms with Crippen LogP contribution >= 0.6 is 11.6 Å². The smallest absolute Gasteiger partial charge is 0.160 e. The lowest BCUT2D eigenvalue weighted by Gasteiger charge is -2.17. The zero-order chi connectivity index (χ0) is 12.4. The molecule has 0 aliphatic rings. The molecule has 0 unspecified atom stereocenters. The summed E-state index contributed by atoms with van der Waals surface area (Å²) in [6.45, 7) is 6.40. The summed E-state index contributed by atoms with van der Waals surface area (Å²) in [6.07, 6.45) is 4.03. The summed E-state index contributed by atoms with van der Waals surface area (Å²) in [5, 5.41) is 0. The minimum absolute atomic E-state index is 0.434. The predicted octanol–water partition coefficient (Wildman–Crippen LogP) is 3.84. The minimum Gasteiger partial charge on any atom is -0.309 e. The first-order valence-electron chi connectivity index (χ1n) is 6.10. The van der Waals surface area contributed by atoms with Crippen molar-refractivity contribution in [3.05, 3.63) is 23.7 Å². The maximum atomic E-state index is 5.99. The Bertz CT molecular complexity index is 515. The van der Waals surface area contributed by atoms with Crippen LogP contribution in [0.4, 0.5) is 0 Å². The largest absolute Gasteiger partial charge is 0.309 e. The van der Waals surface area contributed by atoms with Crippen LogP contribution < -0.4 is 0 Å². The quantitative estimate of drug-likeness (QED) is 0.773. The summed E-state index contributed by atoms with van der Waals surface area (Å²) in [4.78, 5) is 9.09. The molecule has 0 saturated heterocycles. The molecule has 3 nitrogen and oxygen atoms in total. The molecule has 0 spiro atoms. The highest BCUT2D eigenvalue weighted by atomic mass is 35.5. The normalized spacial score (nSPS) is 11.6. The second-order valence-corrected chi connectivity index (χ2v) is 4.62. The first-order valence-corrected chi connectivity index (χ1v) is 6.64. The molecule has 0 aliphatic heterocycles. The molecule has 0 fully saturated rings. The fourth-order valence-corrected chi connectivity index (χ4v) is 2.45. The Morgan fingerprint density at radius 1 is 1.35 bits per heavy atom. The first kappa shape index (κ1) is 12.4. The van der Waals surface area contributed by atoms with Gasteiger partial charge >= 0.3 is 0 Å². The molecule has 2 aromatic rings. The number of fused-ring (bicyclic) bond motifs is 1. The molecule has 17 heavy (non-hydrogen) atoms. The Morgan fingerprint density at radius 2 is 2.06 bits per heavy atom. The van der Waals surface area contributed by atoms with E-state index in [0.29, 0.717) is 11.9 Å². The van der Waals surface area contributed by atoms with E-state index in [1.165, 1.54) is 0 Å². The van der Waals surface area contributed by atoms with E-state index in [4.69, 9.17) is 11.6 Å². The molecule has 2 aromatic heterocycles. The number of aryl methyl sites for hydroxylation is 1. The van der Waals surface area contributed by atoms with Crippen LogP contribution in [-0.2, 0) is 5.88 Å². The molecule has 0 aromatic carbocycles. The van der Waals surface area contributed by atoms with Gasteiger partial charge in [0.05, 0.1) is 5.88 Å². The standard InChI is InChI=1S/C13H18ClN3/c1-4-10(5-2)17-12(7-14)16-11-6-9(3)8-15-13(11)17/h6,8,10H,4-5,7H2,1-3H3. The lowest BCUT2D eigenvalue weighted by Crippen LogP contribution is -2.10. The van der Waals surface area contributed by atoms with E-state index in [1.807, 2.05) is 13.1 Å². The molecule has 0 bridgehead atoms. The van der Waals surface area contributed by atoms with Gasteiger partial charge in [0.1, 0.15) is 11.3 Å². The maximum Gasteiger partial charge on any atom is 0.160 e. The zero-order valence-electron chi connectivity index (χ0n) is 10.6. The van der Waals surface area contributed by atoms with E-state index in [1.54, 1.807) is 0 Å². The van der Waals surface area contributed by atoms with E-state index in [2.05, 4.69) is 34.4 Å². The average Bonchev–Trinajstić information content (AvgIpc) is 2.69. The van der Waals surface area contributed by atoms with Gasteiger partial charge in [-0.25, -0.2) is 9.97 Å². The van der Waals surface area contributed by atoms with Gasteiger partial charge in [-0.1, -0.05) is 13.8 Å². The van der Waals surface area contributed by atoms with Crippen LogP contribution in [0.2, 0.25) is 0 Å². The molecule has 0 aliphatic carbocycles. The van der Waals surface area contributed by atoms with Crippen molar-refractivity contribution in [1.29, 1.82) is 0 Å². The summed E-state index contributed by atoms with van der Waals surface area (Å²) in [5.41, 5.74) is 3.04. The molecular formula is C13H18ClN3. The first-order chi connectivity index (χ1) is 8.21. The van der Waals surface area contributed by atoms with Gasteiger partial charge in [0.25, 0.3) is 0 Å². The van der Waals surface area contributed by atoms with Crippen LogP contribution in [-0.4, -0.2) is 14.5 Å². The summed E-state index contributed by atoms with van der Waals surface area (Å²) < 4.78 is 2.20. The fourth-order valence-electron chi connectivity index (χ4n) is 2.26. The number of halogens is 1. The van der Waals surface area contributed by atoms with Crippen molar-refractivity contribution < 1.29 is 0 Å². The van der Waals surface area contributed by atoms with Crippen LogP contribution in [0, 0.1) is 6.92 Å². The predicted molar refractivity (Wildman–Crippen MR) is 71.4 cm³/mol. The van der Waals surface area contributed by atoms with Crippen molar-refractivity contribution in [2.75, 3.05) is 0 Å². The number of hydrogen-bond acceptors (Lipinski definition) is 2.